The van der Waals surface area contributed by atoms with Gasteiger partial charge in [0.2, 0.25) is 5.91 Å². The van der Waals surface area contributed by atoms with Crippen LogP contribution in [0.3, 0.4) is 0 Å². The lowest BCUT2D eigenvalue weighted by Gasteiger charge is -2.34. The molecule has 0 spiro atoms. The van der Waals surface area contributed by atoms with Crippen LogP contribution in [-0.4, -0.2) is 53.5 Å². The number of carbonyl (C=O) groups excluding carboxylic acids is 1. The van der Waals surface area contributed by atoms with E-state index in [9.17, 15) is 4.79 Å². The Bertz CT molecular complexity index is 772. The smallest absolute Gasteiger partial charge is 0.227 e. The lowest BCUT2D eigenvalue weighted by Crippen LogP contribution is -2.48. The highest BCUT2D eigenvalue weighted by Crippen LogP contribution is 2.24. The van der Waals surface area contributed by atoms with Gasteiger partial charge < -0.3 is 9.64 Å². The lowest BCUT2D eigenvalue weighted by atomic mass is 9.93. The number of amides is 1. The molecule has 0 bridgehead atoms. The van der Waals surface area contributed by atoms with Gasteiger partial charge in [0, 0.05) is 37.0 Å². The second kappa shape index (κ2) is 9.05. The van der Waals surface area contributed by atoms with E-state index in [-0.39, 0.29) is 11.3 Å². The third-order valence-electron chi connectivity index (χ3n) is 4.99. The van der Waals surface area contributed by atoms with Crippen molar-refractivity contribution in [3.05, 3.63) is 45.9 Å². The predicted octanol–water partition coefficient (Wildman–Crippen LogP) is 3.73. The Hall–Kier alpha value is -1.92. The molecule has 2 heterocycles. The van der Waals surface area contributed by atoms with Gasteiger partial charge in [-0.3, -0.25) is 9.69 Å². The summed E-state index contributed by atoms with van der Waals surface area (Å²) in [6.07, 6.45) is 0.452. The monoisotopic (exact) mass is 401 g/mol. The third kappa shape index (κ3) is 5.55. The summed E-state index contributed by atoms with van der Waals surface area (Å²) in [5, 5.41) is 3.34. The number of hydrogen-bond acceptors (Lipinski definition) is 5. The van der Waals surface area contributed by atoms with Crippen molar-refractivity contribution in [1.29, 1.82) is 0 Å². The van der Waals surface area contributed by atoms with Gasteiger partial charge in [0.1, 0.15) is 10.8 Å². The molecule has 2 aromatic rings. The molecule has 1 aliphatic heterocycles. The number of piperazine rings is 1. The fraction of sp³-hybridized carbons (Fsp3) is 0.545. The van der Waals surface area contributed by atoms with Crippen LogP contribution in [-0.2, 0) is 23.2 Å². The Morgan fingerprint density at radius 3 is 2.39 bits per heavy atom. The van der Waals surface area contributed by atoms with Gasteiger partial charge in [-0.1, -0.05) is 32.9 Å². The molecule has 1 aliphatic rings. The summed E-state index contributed by atoms with van der Waals surface area (Å²) in [4.78, 5) is 21.8. The molecule has 1 aromatic carbocycles. The fourth-order valence-corrected chi connectivity index (χ4v) is 4.29. The molecule has 1 aromatic heterocycles. The molecule has 1 saturated heterocycles. The zero-order valence-corrected chi connectivity index (χ0v) is 18.2. The minimum absolute atomic E-state index is 0.0979. The first-order chi connectivity index (χ1) is 13.3. The first kappa shape index (κ1) is 20.8. The average Bonchev–Trinajstić information content (AvgIpc) is 3.13. The van der Waals surface area contributed by atoms with E-state index in [0.717, 1.165) is 49.7 Å². The molecule has 28 heavy (non-hydrogen) atoms. The van der Waals surface area contributed by atoms with Crippen molar-refractivity contribution in [3.63, 3.8) is 0 Å². The molecule has 0 N–H and O–H groups in total. The predicted molar refractivity (Wildman–Crippen MR) is 114 cm³/mol. The van der Waals surface area contributed by atoms with Crippen LogP contribution >= 0.6 is 11.3 Å². The quantitative estimate of drug-likeness (QED) is 0.740. The maximum absolute atomic E-state index is 12.6. The van der Waals surface area contributed by atoms with Gasteiger partial charge in [-0.25, -0.2) is 4.98 Å². The number of aromatic nitrogens is 1. The van der Waals surface area contributed by atoms with E-state index < -0.39 is 0 Å². The van der Waals surface area contributed by atoms with Crippen LogP contribution in [0.25, 0.3) is 0 Å². The second-order valence-electron chi connectivity index (χ2n) is 8.29. The van der Waals surface area contributed by atoms with Gasteiger partial charge in [-0.05, 0) is 24.6 Å². The van der Waals surface area contributed by atoms with Crippen LogP contribution in [0, 0.1) is 0 Å². The van der Waals surface area contributed by atoms with Crippen molar-refractivity contribution >= 4 is 17.2 Å². The van der Waals surface area contributed by atoms with Gasteiger partial charge in [0.25, 0.3) is 0 Å². The van der Waals surface area contributed by atoms with Crippen LogP contribution < -0.4 is 4.74 Å². The van der Waals surface area contributed by atoms with Gasteiger partial charge in [-0.15, -0.1) is 11.3 Å². The lowest BCUT2D eigenvalue weighted by molar-refractivity contribution is -0.132. The number of carbonyl (C=O) groups is 1. The molecule has 152 valence electrons. The maximum Gasteiger partial charge on any atom is 0.227 e. The van der Waals surface area contributed by atoms with Gasteiger partial charge >= 0.3 is 0 Å². The maximum atomic E-state index is 12.6. The van der Waals surface area contributed by atoms with Gasteiger partial charge in [-0.2, -0.15) is 0 Å². The van der Waals surface area contributed by atoms with Crippen molar-refractivity contribution in [1.82, 2.24) is 14.8 Å². The van der Waals surface area contributed by atoms with E-state index in [1.165, 1.54) is 5.01 Å². The highest BCUT2D eigenvalue weighted by Gasteiger charge is 2.23. The largest absolute Gasteiger partial charge is 0.494 e. The summed E-state index contributed by atoms with van der Waals surface area (Å²) >= 11 is 1.74. The van der Waals surface area contributed by atoms with Crippen molar-refractivity contribution in [3.8, 4) is 5.75 Å². The normalized spacial score (nSPS) is 15.6. The van der Waals surface area contributed by atoms with Gasteiger partial charge in [0.15, 0.2) is 0 Å². The summed E-state index contributed by atoms with van der Waals surface area (Å²) in [6, 6.07) is 7.83. The van der Waals surface area contributed by atoms with E-state index in [4.69, 9.17) is 9.72 Å². The van der Waals surface area contributed by atoms with Crippen molar-refractivity contribution in [2.45, 2.75) is 46.1 Å². The molecular weight excluding hydrogens is 370 g/mol. The van der Waals surface area contributed by atoms with Crippen molar-refractivity contribution in [2.24, 2.45) is 0 Å². The van der Waals surface area contributed by atoms with Crippen LogP contribution in [0.15, 0.2) is 29.6 Å². The van der Waals surface area contributed by atoms with Crippen molar-refractivity contribution in [2.75, 3.05) is 32.8 Å². The molecular formula is C22H31N3O2S. The number of benzene rings is 1. The first-order valence-electron chi connectivity index (χ1n) is 10.0. The first-order valence-corrected chi connectivity index (χ1v) is 10.9. The van der Waals surface area contributed by atoms with Crippen LogP contribution in [0.1, 0.15) is 44.0 Å². The van der Waals surface area contributed by atoms with E-state index in [1.54, 1.807) is 11.3 Å². The summed E-state index contributed by atoms with van der Waals surface area (Å²) < 4.78 is 5.46. The zero-order chi connectivity index (χ0) is 20.1. The van der Waals surface area contributed by atoms with E-state index in [0.29, 0.717) is 13.0 Å². The summed E-state index contributed by atoms with van der Waals surface area (Å²) in [5.41, 5.74) is 2.30. The topological polar surface area (TPSA) is 45.7 Å². The molecule has 0 radical (unpaired) electrons. The molecule has 1 amide bonds. The van der Waals surface area contributed by atoms with Gasteiger partial charge in [0.05, 0.1) is 25.3 Å². The summed E-state index contributed by atoms with van der Waals surface area (Å²) in [6.45, 7) is 13.5. The molecule has 0 atom stereocenters. The second-order valence-corrected chi connectivity index (χ2v) is 9.23. The minimum Gasteiger partial charge on any atom is -0.494 e. The Morgan fingerprint density at radius 1 is 1.14 bits per heavy atom. The molecule has 6 heteroatoms. The third-order valence-corrected chi connectivity index (χ3v) is 5.83. The number of hydrogen-bond donors (Lipinski definition) is 0. The number of rotatable bonds is 6. The molecule has 0 saturated carbocycles. The van der Waals surface area contributed by atoms with Crippen molar-refractivity contribution < 1.29 is 9.53 Å². The van der Waals surface area contributed by atoms with Crippen LogP contribution in [0.2, 0.25) is 0 Å². The SMILES string of the molecule is CCOc1ccc(CC(=O)N2CCN(Cc3nc(C(C)(C)C)cs3)CC2)cc1. The highest BCUT2D eigenvalue weighted by atomic mass is 32.1. The number of ether oxygens (including phenoxy) is 1. The number of thiazole rings is 1. The molecule has 5 nitrogen and oxygen atoms in total. The molecule has 0 unspecified atom stereocenters. The molecule has 3 rings (SSSR count). The van der Waals surface area contributed by atoms with Crippen LogP contribution in [0.4, 0.5) is 0 Å². The Morgan fingerprint density at radius 2 is 1.82 bits per heavy atom. The van der Waals surface area contributed by atoms with Crippen LogP contribution in [0.5, 0.6) is 5.75 Å². The minimum atomic E-state index is 0.0979. The summed E-state index contributed by atoms with van der Waals surface area (Å²) in [5.74, 6) is 1.05. The molecule has 1 fully saturated rings. The summed E-state index contributed by atoms with van der Waals surface area (Å²) in [7, 11) is 0. The zero-order valence-electron chi connectivity index (χ0n) is 17.4. The van der Waals surface area contributed by atoms with E-state index >= 15 is 0 Å². The van der Waals surface area contributed by atoms with E-state index in [2.05, 4.69) is 31.1 Å². The Labute approximate surface area is 172 Å². The standard InChI is InChI=1S/C22H31N3O2S/c1-5-27-18-8-6-17(7-9-18)14-21(26)25-12-10-24(11-13-25)15-20-23-19(16-28-20)22(2,3)4/h6-9,16H,5,10-15H2,1-4H3. The Kier molecular flexibility index (Phi) is 6.73. The Balaban J connectivity index is 1.46. The fourth-order valence-electron chi connectivity index (χ4n) is 3.23. The highest BCUT2D eigenvalue weighted by molar-refractivity contribution is 7.09. The molecule has 0 aliphatic carbocycles. The average molecular weight is 402 g/mol. The number of nitrogens with zero attached hydrogens (tertiary/aromatic N) is 3. The van der Waals surface area contributed by atoms with E-state index in [1.807, 2.05) is 36.1 Å².